The van der Waals surface area contributed by atoms with Gasteiger partial charge < -0.3 is 15.5 Å². The van der Waals surface area contributed by atoms with Crippen LogP contribution in [0.15, 0.2) is 18.2 Å². The standard InChI is InChI=1S/C17H26FN3O/c1-13-4-3-8-21(12-13)9-7-19-17(22)20-11-15-5-6-16(18)14(2)10-15/h5-6,10,13H,3-4,7-9,11-12H2,1-2H3,(H2,19,20,22). The lowest BCUT2D eigenvalue weighted by molar-refractivity contribution is 0.184. The molecular weight excluding hydrogens is 281 g/mol. The molecule has 1 aromatic carbocycles. The minimum absolute atomic E-state index is 0.174. The van der Waals surface area contributed by atoms with Gasteiger partial charge in [0.2, 0.25) is 0 Å². The van der Waals surface area contributed by atoms with Gasteiger partial charge in [0.05, 0.1) is 0 Å². The minimum atomic E-state index is -0.219. The van der Waals surface area contributed by atoms with Crippen LogP contribution in [0, 0.1) is 18.7 Å². The average Bonchev–Trinajstić information content (AvgIpc) is 2.48. The maximum Gasteiger partial charge on any atom is 0.315 e. The van der Waals surface area contributed by atoms with E-state index >= 15 is 0 Å². The number of carbonyl (C=O) groups is 1. The number of hydrogen-bond donors (Lipinski definition) is 2. The topological polar surface area (TPSA) is 44.4 Å². The number of aryl methyl sites for hydroxylation is 1. The smallest absolute Gasteiger partial charge is 0.315 e. The Morgan fingerprint density at radius 2 is 2.23 bits per heavy atom. The summed E-state index contributed by atoms with van der Waals surface area (Å²) in [6.45, 7) is 8.21. The summed E-state index contributed by atoms with van der Waals surface area (Å²) in [4.78, 5) is 14.2. The summed E-state index contributed by atoms with van der Waals surface area (Å²) in [5.41, 5.74) is 1.50. The zero-order chi connectivity index (χ0) is 15.9. The molecule has 0 spiro atoms. The van der Waals surface area contributed by atoms with Gasteiger partial charge >= 0.3 is 6.03 Å². The van der Waals surface area contributed by atoms with Crippen molar-refractivity contribution in [3.05, 3.63) is 35.1 Å². The Morgan fingerprint density at radius 3 is 2.95 bits per heavy atom. The van der Waals surface area contributed by atoms with Crippen molar-refractivity contribution in [3.8, 4) is 0 Å². The first-order valence-electron chi connectivity index (χ1n) is 8.03. The Bertz CT molecular complexity index is 507. The molecule has 1 fully saturated rings. The van der Waals surface area contributed by atoms with E-state index in [1.54, 1.807) is 19.1 Å². The first-order valence-corrected chi connectivity index (χ1v) is 8.03. The molecule has 22 heavy (non-hydrogen) atoms. The van der Waals surface area contributed by atoms with E-state index in [-0.39, 0.29) is 11.8 Å². The lowest BCUT2D eigenvalue weighted by Gasteiger charge is -2.30. The van der Waals surface area contributed by atoms with Gasteiger partial charge in [0.15, 0.2) is 0 Å². The lowest BCUT2D eigenvalue weighted by atomic mass is 10.0. The molecule has 0 saturated carbocycles. The minimum Gasteiger partial charge on any atom is -0.337 e. The molecule has 1 atom stereocenters. The van der Waals surface area contributed by atoms with Crippen LogP contribution in [0.3, 0.4) is 0 Å². The highest BCUT2D eigenvalue weighted by molar-refractivity contribution is 5.73. The first kappa shape index (κ1) is 16.7. The molecule has 0 aliphatic carbocycles. The number of urea groups is 1. The summed E-state index contributed by atoms with van der Waals surface area (Å²) in [7, 11) is 0. The molecule has 4 nitrogen and oxygen atoms in total. The number of likely N-dealkylation sites (tertiary alicyclic amines) is 1. The maximum atomic E-state index is 13.2. The van der Waals surface area contributed by atoms with E-state index in [9.17, 15) is 9.18 Å². The van der Waals surface area contributed by atoms with E-state index < -0.39 is 0 Å². The fourth-order valence-corrected chi connectivity index (χ4v) is 2.88. The van der Waals surface area contributed by atoms with E-state index in [0.29, 0.717) is 18.7 Å². The summed E-state index contributed by atoms with van der Waals surface area (Å²) in [5.74, 6) is 0.535. The van der Waals surface area contributed by atoms with Gasteiger partial charge in [-0.25, -0.2) is 9.18 Å². The summed E-state index contributed by atoms with van der Waals surface area (Å²) in [6, 6.07) is 4.71. The van der Waals surface area contributed by atoms with Crippen LogP contribution in [0.1, 0.15) is 30.9 Å². The van der Waals surface area contributed by atoms with Crippen LogP contribution in [0.4, 0.5) is 9.18 Å². The van der Waals surface area contributed by atoms with Crippen molar-refractivity contribution >= 4 is 6.03 Å². The Balaban J connectivity index is 1.64. The lowest BCUT2D eigenvalue weighted by Crippen LogP contribution is -2.42. The fourth-order valence-electron chi connectivity index (χ4n) is 2.88. The Morgan fingerprint density at radius 1 is 1.41 bits per heavy atom. The van der Waals surface area contributed by atoms with Gasteiger partial charge in [-0.1, -0.05) is 19.1 Å². The number of hydrogen-bond acceptors (Lipinski definition) is 2. The van der Waals surface area contributed by atoms with E-state index in [0.717, 1.165) is 31.1 Å². The number of nitrogens with zero attached hydrogens (tertiary/aromatic N) is 1. The van der Waals surface area contributed by atoms with Crippen molar-refractivity contribution in [1.29, 1.82) is 0 Å². The summed E-state index contributed by atoms with van der Waals surface area (Å²) in [6.07, 6.45) is 2.55. The highest BCUT2D eigenvalue weighted by Gasteiger charge is 2.15. The molecule has 2 amide bonds. The van der Waals surface area contributed by atoms with Gasteiger partial charge in [-0.05, 0) is 49.4 Å². The second-order valence-electron chi connectivity index (χ2n) is 6.24. The molecule has 1 heterocycles. The van der Waals surface area contributed by atoms with Crippen LogP contribution >= 0.6 is 0 Å². The molecule has 2 N–H and O–H groups in total. The second-order valence-corrected chi connectivity index (χ2v) is 6.24. The highest BCUT2D eigenvalue weighted by Crippen LogP contribution is 2.14. The molecule has 0 bridgehead atoms. The second kappa shape index (κ2) is 8.13. The van der Waals surface area contributed by atoms with Crippen molar-refractivity contribution in [2.75, 3.05) is 26.2 Å². The third-order valence-electron chi connectivity index (χ3n) is 4.13. The third kappa shape index (κ3) is 5.30. The summed E-state index contributed by atoms with van der Waals surface area (Å²) < 4.78 is 13.2. The van der Waals surface area contributed by atoms with Crippen LogP contribution < -0.4 is 10.6 Å². The fraction of sp³-hybridized carbons (Fsp3) is 0.588. The van der Waals surface area contributed by atoms with Gasteiger partial charge in [-0.2, -0.15) is 0 Å². The molecule has 1 unspecified atom stereocenters. The van der Waals surface area contributed by atoms with Crippen molar-refractivity contribution in [2.45, 2.75) is 33.2 Å². The number of rotatable bonds is 5. The van der Waals surface area contributed by atoms with Gasteiger partial charge in [0, 0.05) is 26.2 Å². The normalized spacial score (nSPS) is 19.0. The molecule has 1 aliphatic heterocycles. The Hall–Kier alpha value is -1.62. The van der Waals surface area contributed by atoms with Crippen molar-refractivity contribution in [1.82, 2.24) is 15.5 Å². The largest absolute Gasteiger partial charge is 0.337 e. The van der Waals surface area contributed by atoms with Crippen LogP contribution in [0.5, 0.6) is 0 Å². The molecule has 2 rings (SSSR count). The van der Waals surface area contributed by atoms with Gasteiger partial charge in [0.25, 0.3) is 0 Å². The first-order chi connectivity index (χ1) is 10.5. The van der Waals surface area contributed by atoms with Crippen LogP contribution in [-0.2, 0) is 6.54 Å². The molecular formula is C17H26FN3O. The average molecular weight is 307 g/mol. The van der Waals surface area contributed by atoms with Crippen molar-refractivity contribution < 1.29 is 9.18 Å². The number of carbonyl (C=O) groups excluding carboxylic acids is 1. The van der Waals surface area contributed by atoms with Gasteiger partial charge in [0.1, 0.15) is 5.82 Å². The molecule has 0 aromatic heterocycles. The van der Waals surface area contributed by atoms with Gasteiger partial charge in [-0.3, -0.25) is 0 Å². The van der Waals surface area contributed by atoms with E-state index in [2.05, 4.69) is 22.5 Å². The number of benzene rings is 1. The zero-order valence-electron chi connectivity index (χ0n) is 13.5. The number of nitrogens with one attached hydrogen (secondary N) is 2. The third-order valence-corrected chi connectivity index (χ3v) is 4.13. The molecule has 1 aliphatic rings. The van der Waals surface area contributed by atoms with E-state index in [1.807, 2.05) is 0 Å². The molecule has 1 saturated heterocycles. The molecule has 1 aromatic rings. The van der Waals surface area contributed by atoms with Crippen LogP contribution in [-0.4, -0.2) is 37.1 Å². The summed E-state index contributed by atoms with van der Waals surface area (Å²) >= 11 is 0. The van der Waals surface area contributed by atoms with Crippen molar-refractivity contribution in [2.24, 2.45) is 5.92 Å². The number of piperidine rings is 1. The SMILES string of the molecule is Cc1cc(CNC(=O)NCCN2CCCC(C)C2)ccc1F. The predicted molar refractivity (Wildman–Crippen MR) is 86.2 cm³/mol. The van der Waals surface area contributed by atoms with E-state index in [1.165, 1.54) is 18.9 Å². The molecule has 5 heteroatoms. The quantitative estimate of drug-likeness (QED) is 0.878. The highest BCUT2D eigenvalue weighted by atomic mass is 19.1. The summed E-state index contributed by atoms with van der Waals surface area (Å²) in [5, 5.41) is 5.68. The Labute approximate surface area is 132 Å². The maximum absolute atomic E-state index is 13.2. The van der Waals surface area contributed by atoms with E-state index in [4.69, 9.17) is 0 Å². The van der Waals surface area contributed by atoms with Crippen LogP contribution in [0.25, 0.3) is 0 Å². The zero-order valence-corrected chi connectivity index (χ0v) is 13.5. The van der Waals surface area contributed by atoms with Gasteiger partial charge in [-0.15, -0.1) is 0 Å². The molecule has 122 valence electrons. The number of halogens is 1. The monoisotopic (exact) mass is 307 g/mol. The molecule has 0 radical (unpaired) electrons. The van der Waals surface area contributed by atoms with Crippen molar-refractivity contribution in [3.63, 3.8) is 0 Å². The van der Waals surface area contributed by atoms with Crippen LogP contribution in [0.2, 0.25) is 0 Å². The Kier molecular flexibility index (Phi) is 6.19. The number of amides is 2. The predicted octanol–water partition coefficient (Wildman–Crippen LogP) is 2.67.